The van der Waals surface area contributed by atoms with E-state index in [1.165, 1.54) is 23.8 Å². The molecule has 0 radical (unpaired) electrons. The summed E-state index contributed by atoms with van der Waals surface area (Å²) < 4.78 is 0.662. The van der Waals surface area contributed by atoms with Crippen molar-refractivity contribution < 1.29 is 14.8 Å². The Hall–Kier alpha value is -2.22. The predicted molar refractivity (Wildman–Crippen MR) is 89.9 cm³/mol. The number of carbonyl (C=O) groups is 2. The van der Waals surface area contributed by atoms with Gasteiger partial charge in [0, 0.05) is 4.47 Å². The molecule has 2 amide bonds. The van der Waals surface area contributed by atoms with Gasteiger partial charge in [-0.2, -0.15) is 5.10 Å². The summed E-state index contributed by atoms with van der Waals surface area (Å²) in [4.78, 5) is 23.2. The highest BCUT2D eigenvalue weighted by Crippen LogP contribution is 2.17. The molecule has 0 aliphatic rings. The number of rotatable bonds is 4. The van der Waals surface area contributed by atoms with Crippen LogP contribution in [0, 0.1) is 0 Å². The van der Waals surface area contributed by atoms with Gasteiger partial charge < -0.3 is 0 Å². The highest BCUT2D eigenvalue weighted by Gasteiger charge is 2.10. The fourth-order valence-electron chi connectivity index (χ4n) is 1.73. The van der Waals surface area contributed by atoms with E-state index >= 15 is 0 Å². The largest absolute Gasteiger partial charge is 0.288 e. The van der Waals surface area contributed by atoms with Crippen LogP contribution in [0.5, 0.6) is 0 Å². The highest BCUT2D eigenvalue weighted by atomic mass is 79.9. The first-order valence-corrected chi connectivity index (χ1v) is 7.52. The van der Waals surface area contributed by atoms with E-state index in [1.807, 2.05) is 0 Å². The molecule has 3 N–H and O–H groups in total. The third-order valence-corrected chi connectivity index (χ3v) is 3.84. The topological polar surface area (TPSA) is 90.8 Å². The average Bonchev–Trinajstić information content (AvgIpc) is 2.54. The van der Waals surface area contributed by atoms with Gasteiger partial charge in [0.1, 0.15) is 0 Å². The molecule has 0 heterocycles. The number of hydroxylamine groups is 1. The zero-order valence-corrected chi connectivity index (χ0v) is 13.9. The van der Waals surface area contributed by atoms with Crippen LogP contribution in [0.15, 0.2) is 52.0 Å². The molecule has 2 rings (SSSR count). The zero-order chi connectivity index (χ0) is 16.8. The van der Waals surface area contributed by atoms with Crippen molar-refractivity contribution in [1.82, 2.24) is 10.9 Å². The maximum absolute atomic E-state index is 11.9. The van der Waals surface area contributed by atoms with Crippen molar-refractivity contribution in [2.75, 3.05) is 0 Å². The van der Waals surface area contributed by atoms with Crippen molar-refractivity contribution in [1.29, 1.82) is 0 Å². The molecule has 0 unspecified atom stereocenters. The summed E-state index contributed by atoms with van der Waals surface area (Å²) in [5, 5.41) is 12.6. The van der Waals surface area contributed by atoms with Crippen molar-refractivity contribution in [3.8, 4) is 0 Å². The van der Waals surface area contributed by atoms with E-state index in [-0.39, 0.29) is 16.5 Å². The first-order valence-electron chi connectivity index (χ1n) is 6.35. The van der Waals surface area contributed by atoms with E-state index in [1.54, 1.807) is 30.3 Å². The number of nitrogens with one attached hydrogen (secondary N) is 2. The van der Waals surface area contributed by atoms with Gasteiger partial charge in [0.2, 0.25) is 0 Å². The molecule has 0 fully saturated rings. The lowest BCUT2D eigenvalue weighted by atomic mass is 10.1. The normalized spacial score (nSPS) is 10.6. The Kier molecular flexibility index (Phi) is 5.86. The molecule has 0 atom stereocenters. The molecule has 2 aromatic rings. The number of hydrazone groups is 1. The van der Waals surface area contributed by atoms with Crippen LogP contribution in [0.4, 0.5) is 0 Å². The highest BCUT2D eigenvalue weighted by molar-refractivity contribution is 9.10. The second-order valence-corrected chi connectivity index (χ2v) is 5.62. The minimum atomic E-state index is -0.708. The second kappa shape index (κ2) is 7.87. The van der Waals surface area contributed by atoms with Gasteiger partial charge in [0.25, 0.3) is 11.8 Å². The second-order valence-electron chi connectivity index (χ2n) is 4.36. The number of halogens is 2. The summed E-state index contributed by atoms with van der Waals surface area (Å²) in [6.07, 6.45) is 1.39. The lowest BCUT2D eigenvalue weighted by molar-refractivity contribution is 0.0706. The minimum Gasteiger partial charge on any atom is -0.288 e. The van der Waals surface area contributed by atoms with Gasteiger partial charge in [0.15, 0.2) is 0 Å². The Morgan fingerprint density at radius 1 is 1.13 bits per heavy atom. The lowest BCUT2D eigenvalue weighted by Gasteiger charge is -2.03. The van der Waals surface area contributed by atoms with Gasteiger partial charge in [-0.05, 0) is 45.8 Å². The molecule has 0 saturated heterocycles. The van der Waals surface area contributed by atoms with Crippen LogP contribution in [0.2, 0.25) is 5.02 Å². The molecular weight excluding hydrogens is 386 g/mol. The Bertz CT molecular complexity index is 780. The van der Waals surface area contributed by atoms with Crippen LogP contribution in [-0.2, 0) is 0 Å². The molecule has 118 valence electrons. The molecule has 0 bridgehead atoms. The third kappa shape index (κ3) is 4.38. The maximum Gasteiger partial charge on any atom is 0.276 e. The Morgan fingerprint density at radius 3 is 2.52 bits per heavy atom. The molecule has 8 heteroatoms. The van der Waals surface area contributed by atoms with Crippen molar-refractivity contribution in [2.24, 2.45) is 5.10 Å². The molecule has 0 spiro atoms. The summed E-state index contributed by atoms with van der Waals surface area (Å²) in [5.74, 6) is -1.07. The van der Waals surface area contributed by atoms with E-state index in [9.17, 15) is 9.59 Å². The lowest BCUT2D eigenvalue weighted by Crippen LogP contribution is -2.19. The summed E-state index contributed by atoms with van der Waals surface area (Å²) in [6, 6.07) is 11.5. The predicted octanol–water partition coefficient (Wildman–Crippen LogP) is 2.99. The SMILES string of the molecule is O=C(NO)c1ccc(/C=N/NC(=O)c2ccccc2Br)cc1Cl. The monoisotopic (exact) mass is 395 g/mol. The fourth-order valence-corrected chi connectivity index (χ4v) is 2.47. The average molecular weight is 397 g/mol. The smallest absolute Gasteiger partial charge is 0.276 e. The molecular formula is C15H11BrClN3O3. The van der Waals surface area contributed by atoms with E-state index in [0.717, 1.165) is 0 Å². The first kappa shape index (κ1) is 17.1. The fraction of sp³-hybridized carbons (Fsp3) is 0. The van der Waals surface area contributed by atoms with Crippen molar-refractivity contribution in [3.05, 3.63) is 68.7 Å². The van der Waals surface area contributed by atoms with E-state index in [0.29, 0.717) is 15.6 Å². The van der Waals surface area contributed by atoms with Crippen LogP contribution in [0.1, 0.15) is 26.3 Å². The van der Waals surface area contributed by atoms with Crippen LogP contribution in [-0.4, -0.2) is 23.2 Å². The van der Waals surface area contributed by atoms with E-state index in [4.69, 9.17) is 16.8 Å². The Balaban J connectivity index is 2.06. The van der Waals surface area contributed by atoms with Crippen LogP contribution >= 0.6 is 27.5 Å². The van der Waals surface area contributed by atoms with Gasteiger partial charge in [-0.25, -0.2) is 10.9 Å². The molecule has 0 aromatic heterocycles. The summed E-state index contributed by atoms with van der Waals surface area (Å²) in [7, 11) is 0. The van der Waals surface area contributed by atoms with Crippen molar-refractivity contribution >= 4 is 45.6 Å². The molecule has 23 heavy (non-hydrogen) atoms. The molecule has 2 aromatic carbocycles. The quantitative estimate of drug-likeness (QED) is 0.421. The number of benzene rings is 2. The Morgan fingerprint density at radius 2 is 1.87 bits per heavy atom. The molecule has 6 nitrogen and oxygen atoms in total. The number of amides is 2. The van der Waals surface area contributed by atoms with Crippen molar-refractivity contribution in [3.63, 3.8) is 0 Å². The van der Waals surface area contributed by atoms with Gasteiger partial charge in [-0.3, -0.25) is 14.8 Å². The van der Waals surface area contributed by atoms with E-state index < -0.39 is 5.91 Å². The minimum absolute atomic E-state index is 0.128. The first-order chi connectivity index (χ1) is 11.0. The standard InChI is InChI=1S/C15H11BrClN3O3/c16-12-4-2-1-3-10(12)14(21)19-18-8-9-5-6-11(13(17)7-9)15(22)20-23/h1-8,23H,(H,19,21)(H,20,22)/b18-8+. The van der Waals surface area contributed by atoms with Crippen LogP contribution < -0.4 is 10.9 Å². The summed E-state index contributed by atoms with van der Waals surface area (Å²) in [5.41, 5.74) is 5.06. The van der Waals surface area contributed by atoms with Crippen molar-refractivity contribution in [2.45, 2.75) is 0 Å². The summed E-state index contributed by atoms with van der Waals surface area (Å²) in [6.45, 7) is 0. The van der Waals surface area contributed by atoms with E-state index in [2.05, 4.69) is 26.5 Å². The van der Waals surface area contributed by atoms with Crippen LogP contribution in [0.3, 0.4) is 0 Å². The zero-order valence-electron chi connectivity index (χ0n) is 11.6. The number of nitrogens with zero attached hydrogens (tertiary/aromatic N) is 1. The van der Waals surface area contributed by atoms with Gasteiger partial charge >= 0.3 is 0 Å². The molecule has 0 saturated carbocycles. The number of hydrogen-bond donors (Lipinski definition) is 3. The third-order valence-electron chi connectivity index (χ3n) is 2.84. The number of hydrogen-bond acceptors (Lipinski definition) is 4. The van der Waals surface area contributed by atoms with Crippen LogP contribution in [0.25, 0.3) is 0 Å². The summed E-state index contributed by atoms with van der Waals surface area (Å²) >= 11 is 9.22. The Labute approximate surface area is 145 Å². The molecule has 0 aliphatic carbocycles. The number of carbonyl (C=O) groups excluding carboxylic acids is 2. The van der Waals surface area contributed by atoms with Gasteiger partial charge in [-0.1, -0.05) is 29.8 Å². The molecule has 0 aliphatic heterocycles. The van der Waals surface area contributed by atoms with Gasteiger partial charge in [0.05, 0.1) is 22.4 Å². The van der Waals surface area contributed by atoms with Gasteiger partial charge in [-0.15, -0.1) is 0 Å². The maximum atomic E-state index is 11.9.